The van der Waals surface area contributed by atoms with Crippen LogP contribution in [0.3, 0.4) is 0 Å². The topological polar surface area (TPSA) is 37.4 Å². The fourth-order valence-electron chi connectivity index (χ4n) is 2.46. The zero-order chi connectivity index (χ0) is 15.6. The predicted octanol–water partition coefficient (Wildman–Crippen LogP) is 2.87. The molecule has 22 heavy (non-hydrogen) atoms. The van der Waals surface area contributed by atoms with Gasteiger partial charge in [0.1, 0.15) is 6.10 Å². The zero-order valence-corrected chi connectivity index (χ0v) is 14.1. The van der Waals surface area contributed by atoms with Gasteiger partial charge >= 0.3 is 0 Å². The van der Waals surface area contributed by atoms with Gasteiger partial charge in [0.15, 0.2) is 0 Å². The molecule has 0 aromatic carbocycles. The van der Waals surface area contributed by atoms with E-state index < -0.39 is 0 Å². The third-order valence-electron chi connectivity index (χ3n) is 4.17. The lowest BCUT2D eigenvalue weighted by Gasteiger charge is -2.26. The smallest absolute Gasteiger partial charge is 0.213 e. The summed E-state index contributed by atoms with van der Waals surface area (Å²) >= 11 is 0. The third kappa shape index (κ3) is 5.97. The number of hydrogen-bond donors (Lipinski definition) is 1. The first kappa shape index (κ1) is 17.3. The second-order valence-electron chi connectivity index (χ2n) is 6.01. The second-order valence-corrected chi connectivity index (χ2v) is 6.01. The van der Waals surface area contributed by atoms with Crippen molar-refractivity contribution in [2.45, 2.75) is 58.5 Å². The summed E-state index contributed by atoms with van der Waals surface area (Å²) in [5, 5.41) is 3.49. The highest BCUT2D eigenvalue weighted by atomic mass is 16.5. The van der Waals surface area contributed by atoms with Gasteiger partial charge in [0.25, 0.3) is 0 Å². The molecule has 5 heteroatoms. The first-order chi connectivity index (χ1) is 10.8. The highest BCUT2D eigenvalue weighted by Gasteiger charge is 2.19. The van der Waals surface area contributed by atoms with Crippen LogP contribution in [0.25, 0.3) is 0 Å². The van der Waals surface area contributed by atoms with E-state index in [2.05, 4.69) is 48.4 Å². The van der Waals surface area contributed by atoms with Gasteiger partial charge in [0.05, 0.1) is 0 Å². The molecule has 1 aromatic rings. The van der Waals surface area contributed by atoms with Gasteiger partial charge in [0, 0.05) is 25.4 Å². The van der Waals surface area contributed by atoms with Gasteiger partial charge in [0.2, 0.25) is 13.3 Å². The van der Waals surface area contributed by atoms with Crippen LogP contribution in [-0.2, 0) is 6.54 Å². The number of unbranched alkanes of at least 4 members (excludes halogenated alkanes) is 1. The summed E-state index contributed by atoms with van der Waals surface area (Å²) in [5.41, 5.74) is 1.26. The first-order valence-electron chi connectivity index (χ1n) is 8.67. The van der Waals surface area contributed by atoms with E-state index in [9.17, 15) is 0 Å². The van der Waals surface area contributed by atoms with Crippen LogP contribution >= 0.6 is 0 Å². The molecule has 0 amide bonds. The number of nitrogens with one attached hydrogen (secondary N) is 1. The molecule has 0 unspecified atom stereocenters. The Morgan fingerprint density at radius 1 is 1.41 bits per heavy atom. The van der Waals surface area contributed by atoms with E-state index in [0.717, 1.165) is 32.1 Å². The summed E-state index contributed by atoms with van der Waals surface area (Å²) in [6.45, 7) is 8.40. The molecule has 1 aliphatic rings. The molecule has 4 nitrogen and oxygen atoms in total. The summed E-state index contributed by atoms with van der Waals surface area (Å²) in [4.78, 5) is 6.66. The number of pyridine rings is 1. The third-order valence-corrected chi connectivity index (χ3v) is 4.17. The van der Waals surface area contributed by atoms with E-state index in [1.807, 2.05) is 6.20 Å². The SMILES string of the molecule is C[B]N(CCNCCCC)Cc1ccnc(OC2CCC2)c1. The van der Waals surface area contributed by atoms with Crippen molar-refractivity contribution in [2.24, 2.45) is 0 Å². The number of hydrogen-bond acceptors (Lipinski definition) is 4. The molecule has 0 saturated heterocycles. The van der Waals surface area contributed by atoms with Gasteiger partial charge in [-0.3, -0.25) is 0 Å². The molecule has 2 rings (SSSR count). The van der Waals surface area contributed by atoms with Crippen molar-refractivity contribution in [1.82, 2.24) is 15.1 Å². The summed E-state index contributed by atoms with van der Waals surface area (Å²) < 4.78 is 5.88. The number of aromatic nitrogens is 1. The molecular formula is C17H29BN3O. The van der Waals surface area contributed by atoms with Gasteiger partial charge in [-0.05, 0) is 50.4 Å². The zero-order valence-electron chi connectivity index (χ0n) is 14.1. The fourth-order valence-corrected chi connectivity index (χ4v) is 2.46. The Hall–Kier alpha value is -1.07. The van der Waals surface area contributed by atoms with Crippen LogP contribution in [0.4, 0.5) is 0 Å². The van der Waals surface area contributed by atoms with E-state index in [4.69, 9.17) is 4.74 Å². The maximum absolute atomic E-state index is 5.88. The van der Waals surface area contributed by atoms with Crippen LogP contribution in [0, 0.1) is 0 Å². The van der Waals surface area contributed by atoms with E-state index in [-0.39, 0.29) is 0 Å². The number of nitrogens with zero attached hydrogens (tertiary/aromatic N) is 2. The maximum atomic E-state index is 5.88. The minimum Gasteiger partial charge on any atom is -0.474 e. The molecule has 1 radical (unpaired) electrons. The van der Waals surface area contributed by atoms with Gasteiger partial charge in [-0.2, -0.15) is 0 Å². The molecule has 0 aliphatic heterocycles. The molecule has 1 aliphatic carbocycles. The average Bonchev–Trinajstić information content (AvgIpc) is 2.50. The van der Waals surface area contributed by atoms with Crippen molar-refractivity contribution in [1.29, 1.82) is 0 Å². The lowest BCUT2D eigenvalue weighted by molar-refractivity contribution is 0.114. The number of rotatable bonds is 11. The Balaban J connectivity index is 1.75. The molecule has 0 atom stereocenters. The molecule has 0 spiro atoms. The second kappa shape index (κ2) is 9.85. The van der Waals surface area contributed by atoms with Crippen molar-refractivity contribution >= 4 is 7.41 Å². The summed E-state index contributed by atoms with van der Waals surface area (Å²) in [5.74, 6) is 0.777. The van der Waals surface area contributed by atoms with Crippen LogP contribution in [0.1, 0.15) is 44.6 Å². The quantitative estimate of drug-likeness (QED) is 0.504. The normalized spacial score (nSPS) is 14.9. The summed E-state index contributed by atoms with van der Waals surface area (Å²) in [6, 6.07) is 4.16. The molecule has 0 bridgehead atoms. The Morgan fingerprint density at radius 3 is 2.95 bits per heavy atom. The van der Waals surface area contributed by atoms with E-state index >= 15 is 0 Å². The molecule has 1 N–H and O–H groups in total. The Kier molecular flexibility index (Phi) is 7.74. The molecule has 1 aromatic heterocycles. The van der Waals surface area contributed by atoms with Gasteiger partial charge in [-0.25, -0.2) is 4.98 Å². The number of ether oxygens (including phenoxy) is 1. The van der Waals surface area contributed by atoms with Crippen LogP contribution in [0.5, 0.6) is 5.88 Å². The summed E-state index contributed by atoms with van der Waals surface area (Å²) in [6.07, 6.45) is 8.37. The lowest BCUT2D eigenvalue weighted by atomic mass is 9.94. The standard InChI is InChI=1S/C17H29BN3O/c1-3-4-9-19-11-12-21(18-2)14-15-8-10-20-17(13-15)22-16-6-5-7-16/h8,10,13,16,19H,3-7,9,11-12,14H2,1-2H3. The van der Waals surface area contributed by atoms with Crippen LogP contribution in [-0.4, -0.2) is 42.9 Å². The van der Waals surface area contributed by atoms with Crippen molar-refractivity contribution in [3.8, 4) is 5.88 Å². The van der Waals surface area contributed by atoms with Crippen molar-refractivity contribution in [3.05, 3.63) is 23.9 Å². The minimum absolute atomic E-state index is 0.388. The van der Waals surface area contributed by atoms with Crippen LogP contribution in [0.2, 0.25) is 6.82 Å². The minimum atomic E-state index is 0.388. The van der Waals surface area contributed by atoms with E-state index in [0.29, 0.717) is 6.10 Å². The Morgan fingerprint density at radius 2 is 2.27 bits per heavy atom. The van der Waals surface area contributed by atoms with Gasteiger partial charge in [-0.1, -0.05) is 20.2 Å². The van der Waals surface area contributed by atoms with Crippen LogP contribution < -0.4 is 10.1 Å². The van der Waals surface area contributed by atoms with Crippen molar-refractivity contribution in [2.75, 3.05) is 19.6 Å². The molecule has 1 fully saturated rings. The van der Waals surface area contributed by atoms with Crippen LogP contribution in [0.15, 0.2) is 18.3 Å². The average molecular weight is 302 g/mol. The summed E-state index contributed by atoms with van der Waals surface area (Å²) in [7, 11) is 2.16. The van der Waals surface area contributed by atoms with Crippen molar-refractivity contribution in [3.63, 3.8) is 0 Å². The Bertz CT molecular complexity index is 426. The molecular weight excluding hydrogens is 273 g/mol. The molecule has 1 saturated carbocycles. The fraction of sp³-hybridized carbons (Fsp3) is 0.706. The lowest BCUT2D eigenvalue weighted by Crippen LogP contribution is -2.33. The largest absolute Gasteiger partial charge is 0.474 e. The molecule has 121 valence electrons. The molecule has 1 heterocycles. The monoisotopic (exact) mass is 302 g/mol. The highest BCUT2D eigenvalue weighted by molar-refractivity contribution is 6.29. The maximum Gasteiger partial charge on any atom is 0.213 e. The van der Waals surface area contributed by atoms with E-state index in [1.165, 1.54) is 37.7 Å². The first-order valence-corrected chi connectivity index (χ1v) is 8.67. The Labute approximate surface area is 135 Å². The highest BCUT2D eigenvalue weighted by Crippen LogP contribution is 2.24. The predicted molar refractivity (Wildman–Crippen MR) is 92.3 cm³/mol. The van der Waals surface area contributed by atoms with Gasteiger partial charge < -0.3 is 14.9 Å². The van der Waals surface area contributed by atoms with Gasteiger partial charge in [-0.15, -0.1) is 0 Å². The van der Waals surface area contributed by atoms with E-state index in [1.54, 1.807) is 0 Å². The van der Waals surface area contributed by atoms with Crippen molar-refractivity contribution < 1.29 is 4.74 Å².